The van der Waals surface area contributed by atoms with Gasteiger partial charge in [-0.2, -0.15) is 8.42 Å². The molecular formula is C11H15ClO3S. The second kappa shape index (κ2) is 6.89. The number of hydrogen-bond acceptors (Lipinski definition) is 3. The molecule has 5 heteroatoms. The Bertz CT molecular complexity index is 389. The van der Waals surface area contributed by atoms with Crippen molar-refractivity contribution in [2.75, 3.05) is 12.5 Å². The zero-order valence-corrected chi connectivity index (χ0v) is 10.5. The van der Waals surface area contributed by atoms with Crippen LogP contribution < -0.4 is 0 Å². The van der Waals surface area contributed by atoms with Gasteiger partial charge in [-0.3, -0.25) is 4.18 Å². The predicted octanol–water partition coefficient (Wildman–Crippen LogP) is 2.80. The van der Waals surface area contributed by atoms with Crippen LogP contribution in [-0.2, 0) is 14.3 Å². The first-order chi connectivity index (χ1) is 7.67. The van der Waals surface area contributed by atoms with Crippen molar-refractivity contribution in [3.63, 3.8) is 0 Å². The Morgan fingerprint density at radius 3 is 2.38 bits per heavy atom. The number of halogens is 1. The lowest BCUT2D eigenvalue weighted by molar-refractivity contribution is 0.308. The number of benzene rings is 1. The van der Waals surface area contributed by atoms with Crippen LogP contribution in [0.2, 0.25) is 0 Å². The number of unbranched alkanes of at least 4 members (excludes halogenated alkanes) is 2. The monoisotopic (exact) mass is 262 g/mol. The van der Waals surface area contributed by atoms with E-state index in [1.807, 2.05) is 0 Å². The van der Waals surface area contributed by atoms with Crippen LogP contribution in [0, 0.1) is 0 Å². The summed E-state index contributed by atoms with van der Waals surface area (Å²) in [6.07, 6.45) is 2.48. The summed E-state index contributed by atoms with van der Waals surface area (Å²) < 4.78 is 28.1. The summed E-state index contributed by atoms with van der Waals surface area (Å²) in [7, 11) is -3.58. The molecule has 1 aromatic carbocycles. The fourth-order valence-corrected chi connectivity index (χ4v) is 2.35. The molecule has 0 saturated carbocycles. The van der Waals surface area contributed by atoms with E-state index in [0.717, 1.165) is 12.8 Å². The molecule has 0 aliphatic heterocycles. The minimum absolute atomic E-state index is 0.201. The highest BCUT2D eigenvalue weighted by Crippen LogP contribution is 2.12. The maximum absolute atomic E-state index is 11.6. The molecule has 3 nitrogen and oxygen atoms in total. The molecule has 0 aliphatic rings. The summed E-state index contributed by atoms with van der Waals surface area (Å²) >= 11 is 5.51. The Kier molecular flexibility index (Phi) is 5.80. The van der Waals surface area contributed by atoms with Gasteiger partial charge in [0.05, 0.1) is 11.5 Å². The van der Waals surface area contributed by atoms with Gasteiger partial charge in [0, 0.05) is 5.88 Å². The average Bonchev–Trinajstić information content (AvgIpc) is 2.30. The van der Waals surface area contributed by atoms with Crippen LogP contribution in [0.3, 0.4) is 0 Å². The van der Waals surface area contributed by atoms with Crippen LogP contribution in [0.1, 0.15) is 19.3 Å². The first kappa shape index (κ1) is 13.5. The molecule has 1 rings (SSSR count). The van der Waals surface area contributed by atoms with Crippen molar-refractivity contribution in [1.82, 2.24) is 0 Å². The zero-order chi connectivity index (χ0) is 11.9. The van der Waals surface area contributed by atoms with Crippen LogP contribution in [-0.4, -0.2) is 20.9 Å². The van der Waals surface area contributed by atoms with E-state index >= 15 is 0 Å². The first-order valence-corrected chi connectivity index (χ1v) is 7.11. The van der Waals surface area contributed by atoms with E-state index < -0.39 is 10.1 Å². The summed E-state index contributed by atoms with van der Waals surface area (Å²) in [6.45, 7) is 0.216. The molecule has 0 saturated heterocycles. The molecule has 0 atom stereocenters. The van der Waals surface area contributed by atoms with Crippen molar-refractivity contribution < 1.29 is 12.6 Å². The summed E-state index contributed by atoms with van der Waals surface area (Å²) in [5.74, 6) is 0.603. The molecule has 0 fully saturated rings. The summed E-state index contributed by atoms with van der Waals surface area (Å²) in [4.78, 5) is 0.201. The van der Waals surface area contributed by atoms with Gasteiger partial charge < -0.3 is 0 Å². The highest BCUT2D eigenvalue weighted by Gasteiger charge is 2.13. The highest BCUT2D eigenvalue weighted by atomic mass is 35.5. The third-order valence-corrected chi connectivity index (χ3v) is 3.64. The number of hydrogen-bond donors (Lipinski definition) is 0. The van der Waals surface area contributed by atoms with E-state index in [0.29, 0.717) is 12.3 Å². The van der Waals surface area contributed by atoms with Crippen molar-refractivity contribution in [3.05, 3.63) is 30.3 Å². The van der Waals surface area contributed by atoms with Gasteiger partial charge in [0.25, 0.3) is 10.1 Å². The minimum atomic E-state index is -3.58. The van der Waals surface area contributed by atoms with E-state index in [2.05, 4.69) is 0 Å². The zero-order valence-electron chi connectivity index (χ0n) is 8.93. The second-order valence-electron chi connectivity index (χ2n) is 3.34. The van der Waals surface area contributed by atoms with Crippen LogP contribution >= 0.6 is 11.6 Å². The van der Waals surface area contributed by atoms with Gasteiger partial charge in [-0.15, -0.1) is 11.6 Å². The standard InChI is InChI=1S/C11H15ClO3S/c12-9-5-2-6-10-15-16(13,14)11-7-3-1-4-8-11/h1,3-4,7-8H,2,5-6,9-10H2. The predicted molar refractivity (Wildman–Crippen MR) is 64.2 cm³/mol. The third kappa shape index (κ3) is 4.51. The van der Waals surface area contributed by atoms with E-state index in [1.54, 1.807) is 18.2 Å². The van der Waals surface area contributed by atoms with Crippen molar-refractivity contribution in [2.24, 2.45) is 0 Å². The molecule has 16 heavy (non-hydrogen) atoms. The van der Waals surface area contributed by atoms with Crippen LogP contribution in [0.15, 0.2) is 35.2 Å². The van der Waals surface area contributed by atoms with Crippen molar-refractivity contribution in [3.8, 4) is 0 Å². The summed E-state index contributed by atoms with van der Waals surface area (Å²) in [5.41, 5.74) is 0. The van der Waals surface area contributed by atoms with Crippen LogP contribution in [0.25, 0.3) is 0 Å². The molecule has 0 bridgehead atoms. The summed E-state index contributed by atoms with van der Waals surface area (Å²) in [5, 5.41) is 0. The normalized spacial score (nSPS) is 11.6. The van der Waals surface area contributed by atoms with Gasteiger partial charge in [-0.25, -0.2) is 0 Å². The lowest BCUT2D eigenvalue weighted by Crippen LogP contribution is -2.07. The number of alkyl halides is 1. The van der Waals surface area contributed by atoms with Gasteiger partial charge in [0.2, 0.25) is 0 Å². The molecular weight excluding hydrogens is 248 g/mol. The maximum Gasteiger partial charge on any atom is 0.296 e. The lowest BCUT2D eigenvalue weighted by atomic mass is 10.3. The van der Waals surface area contributed by atoms with Gasteiger partial charge in [0.1, 0.15) is 0 Å². The third-order valence-electron chi connectivity index (χ3n) is 2.05. The molecule has 0 radical (unpaired) electrons. The van der Waals surface area contributed by atoms with Gasteiger partial charge >= 0.3 is 0 Å². The molecule has 90 valence electrons. The molecule has 0 amide bonds. The fourth-order valence-electron chi connectivity index (χ4n) is 1.20. The first-order valence-electron chi connectivity index (χ1n) is 5.17. The van der Waals surface area contributed by atoms with E-state index in [-0.39, 0.29) is 11.5 Å². The van der Waals surface area contributed by atoms with Crippen LogP contribution in [0.4, 0.5) is 0 Å². The molecule has 1 aromatic rings. The van der Waals surface area contributed by atoms with Crippen molar-refractivity contribution in [1.29, 1.82) is 0 Å². The Morgan fingerprint density at radius 1 is 1.06 bits per heavy atom. The summed E-state index contributed by atoms with van der Waals surface area (Å²) in [6, 6.07) is 8.15. The molecule has 0 N–H and O–H groups in total. The van der Waals surface area contributed by atoms with Gasteiger partial charge in [-0.1, -0.05) is 18.2 Å². The molecule has 0 aromatic heterocycles. The Labute approximate surface area is 102 Å². The molecule has 0 unspecified atom stereocenters. The van der Waals surface area contributed by atoms with Gasteiger partial charge in [-0.05, 0) is 31.4 Å². The molecule has 0 heterocycles. The topological polar surface area (TPSA) is 43.4 Å². The average molecular weight is 263 g/mol. The Morgan fingerprint density at radius 2 is 1.75 bits per heavy atom. The highest BCUT2D eigenvalue weighted by molar-refractivity contribution is 7.86. The van der Waals surface area contributed by atoms with Gasteiger partial charge in [0.15, 0.2) is 0 Å². The lowest BCUT2D eigenvalue weighted by Gasteiger charge is -2.04. The Hall–Kier alpha value is -0.580. The smallest absolute Gasteiger partial charge is 0.266 e. The largest absolute Gasteiger partial charge is 0.296 e. The quantitative estimate of drug-likeness (QED) is 0.431. The van der Waals surface area contributed by atoms with E-state index in [9.17, 15) is 8.42 Å². The fraction of sp³-hybridized carbons (Fsp3) is 0.455. The van der Waals surface area contributed by atoms with Crippen molar-refractivity contribution in [2.45, 2.75) is 24.2 Å². The maximum atomic E-state index is 11.6. The Balaban J connectivity index is 2.41. The van der Waals surface area contributed by atoms with E-state index in [4.69, 9.17) is 15.8 Å². The number of rotatable bonds is 7. The van der Waals surface area contributed by atoms with Crippen molar-refractivity contribution >= 4 is 21.7 Å². The minimum Gasteiger partial charge on any atom is -0.266 e. The molecule has 0 spiro atoms. The second-order valence-corrected chi connectivity index (χ2v) is 5.33. The molecule has 0 aliphatic carbocycles. The SMILES string of the molecule is O=S(=O)(OCCCCCCl)c1ccccc1. The van der Waals surface area contributed by atoms with Crippen LogP contribution in [0.5, 0.6) is 0 Å². The van der Waals surface area contributed by atoms with E-state index in [1.165, 1.54) is 12.1 Å².